The number of amides is 1. The van der Waals surface area contributed by atoms with E-state index in [1.54, 1.807) is 18.2 Å². The van der Waals surface area contributed by atoms with Crippen molar-refractivity contribution in [3.05, 3.63) is 29.8 Å². The van der Waals surface area contributed by atoms with E-state index < -0.39 is 0 Å². The van der Waals surface area contributed by atoms with Gasteiger partial charge in [-0.2, -0.15) is 5.26 Å². The number of carbonyl (C=O) groups excluding carboxylic acids is 1. The highest BCUT2D eigenvalue weighted by molar-refractivity contribution is 5.93. The molecule has 0 aromatic heterocycles. The Hall–Kier alpha value is -1.86. The van der Waals surface area contributed by atoms with Crippen LogP contribution in [-0.2, 0) is 4.79 Å². The predicted molar refractivity (Wildman–Crippen MR) is 83.9 cm³/mol. The second-order valence-electron chi connectivity index (χ2n) is 5.91. The average Bonchev–Trinajstić information content (AvgIpc) is 2.48. The summed E-state index contributed by atoms with van der Waals surface area (Å²) in [7, 11) is 1.99. The first kappa shape index (κ1) is 15.5. The molecule has 0 saturated heterocycles. The molecule has 1 N–H and O–H groups in total. The molecule has 0 aliphatic heterocycles. The summed E-state index contributed by atoms with van der Waals surface area (Å²) in [5.41, 5.74) is 1.09. The molecule has 0 radical (unpaired) electrons. The molecule has 0 unspecified atom stereocenters. The zero-order valence-electron chi connectivity index (χ0n) is 12.6. The van der Waals surface area contributed by atoms with Gasteiger partial charge in [0.1, 0.15) is 6.07 Å². The minimum absolute atomic E-state index is 0.0593. The molecule has 112 valence electrons. The van der Waals surface area contributed by atoms with Crippen LogP contribution >= 0.6 is 0 Å². The Morgan fingerprint density at radius 1 is 1.33 bits per heavy atom. The summed E-state index contributed by atoms with van der Waals surface area (Å²) in [6.45, 7) is 1.35. The molecule has 1 amide bonds. The van der Waals surface area contributed by atoms with Crippen LogP contribution in [0.5, 0.6) is 0 Å². The molecule has 0 atom stereocenters. The third-order valence-corrected chi connectivity index (χ3v) is 4.03. The van der Waals surface area contributed by atoms with E-state index in [9.17, 15) is 4.79 Å². The zero-order valence-corrected chi connectivity index (χ0v) is 12.6. The van der Waals surface area contributed by atoms with Gasteiger partial charge in [0, 0.05) is 6.54 Å². The van der Waals surface area contributed by atoms with Gasteiger partial charge < -0.3 is 5.32 Å². The average molecular weight is 285 g/mol. The van der Waals surface area contributed by atoms with Crippen LogP contribution in [0.2, 0.25) is 0 Å². The lowest BCUT2D eigenvalue weighted by atomic mass is 9.89. The topological polar surface area (TPSA) is 56.1 Å². The Morgan fingerprint density at radius 2 is 2.05 bits per heavy atom. The second kappa shape index (κ2) is 7.80. The molecular weight excluding hydrogens is 262 g/mol. The van der Waals surface area contributed by atoms with Crippen LogP contribution in [0.3, 0.4) is 0 Å². The first-order chi connectivity index (χ1) is 10.2. The van der Waals surface area contributed by atoms with Crippen molar-refractivity contribution >= 4 is 11.6 Å². The maximum Gasteiger partial charge on any atom is 0.238 e. The maximum absolute atomic E-state index is 12.1. The fraction of sp³-hybridized carbons (Fsp3) is 0.529. The molecule has 4 nitrogen and oxygen atoms in total. The van der Waals surface area contributed by atoms with Gasteiger partial charge in [-0.3, -0.25) is 9.69 Å². The Bertz CT molecular complexity index is 515. The third-order valence-electron chi connectivity index (χ3n) is 4.03. The lowest BCUT2D eigenvalue weighted by Gasteiger charge is -2.26. The van der Waals surface area contributed by atoms with Crippen LogP contribution < -0.4 is 5.32 Å². The number of anilines is 1. The van der Waals surface area contributed by atoms with Crippen molar-refractivity contribution in [2.75, 3.05) is 25.5 Å². The molecule has 2 rings (SSSR count). The van der Waals surface area contributed by atoms with Gasteiger partial charge in [-0.1, -0.05) is 31.4 Å². The molecule has 1 aliphatic rings. The van der Waals surface area contributed by atoms with E-state index in [1.807, 2.05) is 13.1 Å². The maximum atomic E-state index is 12.1. The first-order valence-corrected chi connectivity index (χ1v) is 7.66. The fourth-order valence-corrected chi connectivity index (χ4v) is 3.00. The number of hydrogen-bond donors (Lipinski definition) is 1. The number of carbonyl (C=O) groups is 1. The third kappa shape index (κ3) is 4.87. The van der Waals surface area contributed by atoms with Crippen molar-refractivity contribution in [2.24, 2.45) is 5.92 Å². The molecule has 0 heterocycles. The van der Waals surface area contributed by atoms with Gasteiger partial charge in [0.25, 0.3) is 0 Å². The van der Waals surface area contributed by atoms with E-state index in [-0.39, 0.29) is 5.91 Å². The van der Waals surface area contributed by atoms with Crippen molar-refractivity contribution in [3.8, 4) is 6.07 Å². The fourth-order valence-electron chi connectivity index (χ4n) is 3.00. The number of benzene rings is 1. The van der Waals surface area contributed by atoms with Crippen LogP contribution in [0, 0.1) is 17.2 Å². The van der Waals surface area contributed by atoms with E-state index in [4.69, 9.17) is 5.26 Å². The van der Waals surface area contributed by atoms with Gasteiger partial charge in [0.05, 0.1) is 17.8 Å². The minimum Gasteiger partial charge on any atom is -0.324 e. The molecule has 4 heteroatoms. The summed E-state index contributed by atoms with van der Waals surface area (Å²) in [5, 5.41) is 11.8. The van der Waals surface area contributed by atoms with Crippen LogP contribution in [0.1, 0.15) is 37.7 Å². The lowest BCUT2D eigenvalue weighted by molar-refractivity contribution is -0.117. The quantitative estimate of drug-likeness (QED) is 0.904. The molecule has 1 aromatic rings. The van der Waals surface area contributed by atoms with E-state index in [0.29, 0.717) is 17.8 Å². The van der Waals surface area contributed by atoms with Crippen molar-refractivity contribution < 1.29 is 4.79 Å². The van der Waals surface area contributed by atoms with E-state index in [1.165, 1.54) is 32.1 Å². The van der Waals surface area contributed by atoms with Gasteiger partial charge in [-0.05, 0) is 37.9 Å². The Balaban J connectivity index is 1.82. The highest BCUT2D eigenvalue weighted by atomic mass is 16.2. The first-order valence-electron chi connectivity index (χ1n) is 7.66. The van der Waals surface area contributed by atoms with Crippen molar-refractivity contribution in [2.45, 2.75) is 32.1 Å². The van der Waals surface area contributed by atoms with Crippen LogP contribution in [0.15, 0.2) is 24.3 Å². The van der Waals surface area contributed by atoms with E-state index in [0.717, 1.165) is 12.5 Å². The SMILES string of the molecule is CN(CC(=O)Nc1ccccc1C#N)CC1CCCCC1. The molecule has 1 aromatic carbocycles. The van der Waals surface area contributed by atoms with E-state index in [2.05, 4.69) is 16.3 Å². The second-order valence-corrected chi connectivity index (χ2v) is 5.91. The van der Waals surface area contributed by atoms with Gasteiger partial charge in [0.15, 0.2) is 0 Å². The Labute approximate surface area is 126 Å². The van der Waals surface area contributed by atoms with Crippen molar-refractivity contribution in [1.29, 1.82) is 5.26 Å². The number of nitriles is 1. The summed E-state index contributed by atoms with van der Waals surface area (Å²) in [4.78, 5) is 14.2. The normalized spacial score (nSPS) is 15.7. The number of hydrogen-bond acceptors (Lipinski definition) is 3. The van der Waals surface area contributed by atoms with Crippen LogP contribution in [-0.4, -0.2) is 30.9 Å². The minimum atomic E-state index is -0.0593. The van der Waals surface area contributed by atoms with Crippen LogP contribution in [0.25, 0.3) is 0 Å². The predicted octanol–water partition coefficient (Wildman–Crippen LogP) is 3.01. The number of para-hydroxylation sites is 1. The van der Waals surface area contributed by atoms with E-state index >= 15 is 0 Å². The highest BCUT2D eigenvalue weighted by Gasteiger charge is 2.17. The van der Waals surface area contributed by atoms with Crippen LogP contribution in [0.4, 0.5) is 5.69 Å². The summed E-state index contributed by atoms with van der Waals surface area (Å²) >= 11 is 0. The molecule has 1 aliphatic carbocycles. The van der Waals surface area contributed by atoms with Gasteiger partial charge >= 0.3 is 0 Å². The van der Waals surface area contributed by atoms with Gasteiger partial charge in [0.2, 0.25) is 5.91 Å². The summed E-state index contributed by atoms with van der Waals surface area (Å²) in [6, 6.07) is 9.18. The number of nitrogens with one attached hydrogen (secondary N) is 1. The molecule has 21 heavy (non-hydrogen) atoms. The number of nitrogens with zero attached hydrogens (tertiary/aromatic N) is 2. The monoisotopic (exact) mass is 285 g/mol. The van der Waals surface area contributed by atoms with Gasteiger partial charge in [-0.25, -0.2) is 0 Å². The largest absolute Gasteiger partial charge is 0.324 e. The number of rotatable bonds is 5. The molecule has 1 saturated carbocycles. The Kier molecular flexibility index (Phi) is 5.77. The lowest BCUT2D eigenvalue weighted by Crippen LogP contribution is -2.34. The summed E-state index contributed by atoms with van der Waals surface area (Å²) in [6.07, 6.45) is 6.55. The number of likely N-dealkylation sites (N-methyl/N-ethyl adjacent to an activating group) is 1. The summed E-state index contributed by atoms with van der Waals surface area (Å²) in [5.74, 6) is 0.666. The molecule has 0 bridgehead atoms. The molecular formula is C17H23N3O. The highest BCUT2D eigenvalue weighted by Crippen LogP contribution is 2.24. The standard InChI is InChI=1S/C17H23N3O/c1-20(12-14-7-3-2-4-8-14)13-17(21)19-16-10-6-5-9-15(16)11-18/h5-6,9-10,14H,2-4,7-8,12-13H2,1H3,(H,19,21). The molecule has 0 spiro atoms. The zero-order chi connectivity index (χ0) is 15.1. The summed E-state index contributed by atoms with van der Waals surface area (Å²) < 4.78 is 0. The molecule has 1 fully saturated rings. The van der Waals surface area contributed by atoms with Crippen molar-refractivity contribution in [3.63, 3.8) is 0 Å². The Morgan fingerprint density at radius 3 is 2.76 bits per heavy atom. The smallest absolute Gasteiger partial charge is 0.238 e. The van der Waals surface area contributed by atoms with Gasteiger partial charge in [-0.15, -0.1) is 0 Å². The van der Waals surface area contributed by atoms with Crippen molar-refractivity contribution in [1.82, 2.24) is 4.90 Å².